The molecule has 2 aromatic heterocycles. The predicted molar refractivity (Wildman–Crippen MR) is 87.6 cm³/mol. The zero-order valence-electron chi connectivity index (χ0n) is 13.0. The van der Waals surface area contributed by atoms with E-state index in [1.807, 2.05) is 24.0 Å². The van der Waals surface area contributed by atoms with Crippen molar-refractivity contribution in [3.63, 3.8) is 0 Å². The fourth-order valence-electron chi connectivity index (χ4n) is 3.16. The number of aryl methyl sites for hydroxylation is 1. The predicted octanol–water partition coefficient (Wildman–Crippen LogP) is 0.256. The molecule has 7 nitrogen and oxygen atoms in total. The van der Waals surface area contributed by atoms with E-state index >= 15 is 0 Å². The van der Waals surface area contributed by atoms with Gasteiger partial charge in [-0.15, -0.1) is 0 Å². The van der Waals surface area contributed by atoms with Crippen LogP contribution in [0.3, 0.4) is 0 Å². The fourth-order valence-corrected chi connectivity index (χ4v) is 4.07. The van der Waals surface area contributed by atoms with Crippen LogP contribution >= 0.6 is 0 Å². The summed E-state index contributed by atoms with van der Waals surface area (Å²) >= 11 is 0. The van der Waals surface area contributed by atoms with Gasteiger partial charge in [0.15, 0.2) is 0 Å². The van der Waals surface area contributed by atoms with Crippen molar-refractivity contribution in [3.8, 4) is 0 Å². The molecule has 8 heteroatoms. The third kappa shape index (κ3) is 3.60. The van der Waals surface area contributed by atoms with E-state index in [0.717, 1.165) is 24.9 Å². The van der Waals surface area contributed by atoms with Crippen LogP contribution in [0.4, 0.5) is 0 Å². The molecule has 0 aliphatic carbocycles. The largest absolute Gasteiger partial charge is 0.293 e. The van der Waals surface area contributed by atoms with Gasteiger partial charge in [0.25, 0.3) is 5.56 Å². The summed E-state index contributed by atoms with van der Waals surface area (Å²) in [6, 6.07) is 5.12. The Balaban J connectivity index is 1.89. The fraction of sp³-hybridized carbons (Fsp3) is 0.467. The monoisotopic (exact) mass is 336 g/mol. The molecule has 1 fully saturated rings. The summed E-state index contributed by atoms with van der Waals surface area (Å²) in [4.78, 5) is 18.8. The number of hydrogen-bond acceptors (Lipinski definition) is 5. The van der Waals surface area contributed by atoms with E-state index < -0.39 is 10.0 Å². The van der Waals surface area contributed by atoms with Crippen molar-refractivity contribution >= 4 is 15.7 Å². The van der Waals surface area contributed by atoms with Gasteiger partial charge in [0, 0.05) is 24.8 Å². The van der Waals surface area contributed by atoms with Gasteiger partial charge in [-0.2, -0.15) is 0 Å². The zero-order chi connectivity index (χ0) is 16.6. The first kappa shape index (κ1) is 16.1. The van der Waals surface area contributed by atoms with Crippen LogP contribution in [-0.4, -0.2) is 41.0 Å². The van der Waals surface area contributed by atoms with Crippen molar-refractivity contribution < 1.29 is 8.42 Å². The molecule has 0 spiro atoms. The molecule has 2 aromatic rings. The van der Waals surface area contributed by atoms with Gasteiger partial charge in [-0.3, -0.25) is 14.1 Å². The van der Waals surface area contributed by atoms with Crippen LogP contribution in [0.2, 0.25) is 0 Å². The standard InChI is InChI=1S/C15H20N4O3S/c1-11-4-2-7-19-14(20)8-12(17-15(11)19)9-18-6-3-5-13(18)10-23(16,21)22/h2,4,7-8,13H,3,5-6,9-10H2,1H3,(H2,16,21,22). The number of fused-ring (bicyclic) bond motifs is 1. The van der Waals surface area contributed by atoms with E-state index in [-0.39, 0.29) is 17.4 Å². The number of primary sulfonamides is 1. The van der Waals surface area contributed by atoms with Gasteiger partial charge in [-0.05, 0) is 37.9 Å². The second-order valence-corrected chi connectivity index (χ2v) is 7.73. The Kier molecular flexibility index (Phi) is 4.22. The van der Waals surface area contributed by atoms with Crippen LogP contribution in [0.25, 0.3) is 5.65 Å². The summed E-state index contributed by atoms with van der Waals surface area (Å²) in [7, 11) is -3.51. The minimum Gasteiger partial charge on any atom is -0.293 e. The lowest BCUT2D eigenvalue weighted by Crippen LogP contribution is -2.37. The van der Waals surface area contributed by atoms with E-state index in [9.17, 15) is 13.2 Å². The second kappa shape index (κ2) is 6.03. The van der Waals surface area contributed by atoms with Gasteiger partial charge in [0.05, 0.1) is 11.4 Å². The van der Waals surface area contributed by atoms with Gasteiger partial charge in [-0.25, -0.2) is 18.5 Å². The van der Waals surface area contributed by atoms with E-state index in [1.165, 1.54) is 10.5 Å². The first-order valence-corrected chi connectivity index (χ1v) is 9.27. The van der Waals surface area contributed by atoms with Gasteiger partial charge in [-0.1, -0.05) is 6.07 Å². The number of rotatable bonds is 4. The lowest BCUT2D eigenvalue weighted by Gasteiger charge is -2.23. The molecular weight excluding hydrogens is 316 g/mol. The molecule has 0 bridgehead atoms. The number of sulfonamides is 1. The maximum atomic E-state index is 12.2. The van der Waals surface area contributed by atoms with Gasteiger partial charge in [0.2, 0.25) is 10.0 Å². The average molecular weight is 336 g/mol. The highest BCUT2D eigenvalue weighted by Crippen LogP contribution is 2.20. The number of pyridine rings is 1. The molecule has 1 unspecified atom stereocenters. The smallest absolute Gasteiger partial charge is 0.258 e. The average Bonchev–Trinajstić information content (AvgIpc) is 2.85. The van der Waals surface area contributed by atoms with Crippen LogP contribution < -0.4 is 10.7 Å². The number of aromatic nitrogens is 2. The molecule has 0 saturated carbocycles. The quantitative estimate of drug-likeness (QED) is 0.863. The number of likely N-dealkylation sites (tertiary alicyclic amines) is 1. The highest BCUT2D eigenvalue weighted by molar-refractivity contribution is 7.89. The van der Waals surface area contributed by atoms with Crippen molar-refractivity contribution in [2.75, 3.05) is 12.3 Å². The highest BCUT2D eigenvalue weighted by Gasteiger charge is 2.28. The molecule has 3 heterocycles. The summed E-state index contributed by atoms with van der Waals surface area (Å²) in [6.45, 7) is 3.15. The maximum Gasteiger partial charge on any atom is 0.258 e. The van der Waals surface area contributed by atoms with E-state index in [0.29, 0.717) is 17.9 Å². The third-order valence-electron chi connectivity index (χ3n) is 4.23. The van der Waals surface area contributed by atoms with Crippen LogP contribution in [0.1, 0.15) is 24.1 Å². The molecule has 1 aliphatic heterocycles. The SMILES string of the molecule is Cc1cccn2c(=O)cc(CN3CCCC3CS(N)(=O)=O)nc12. The van der Waals surface area contributed by atoms with Gasteiger partial charge < -0.3 is 0 Å². The Hall–Kier alpha value is -1.77. The molecule has 2 N–H and O–H groups in total. The molecule has 1 saturated heterocycles. The molecular formula is C15H20N4O3S. The topological polar surface area (TPSA) is 97.8 Å². The zero-order valence-corrected chi connectivity index (χ0v) is 13.8. The van der Waals surface area contributed by atoms with Gasteiger partial charge in [0.1, 0.15) is 5.65 Å². The Bertz CT molecular complexity index is 891. The van der Waals surface area contributed by atoms with Crippen molar-refractivity contribution in [3.05, 3.63) is 46.0 Å². The van der Waals surface area contributed by atoms with E-state index in [4.69, 9.17) is 5.14 Å². The summed E-state index contributed by atoms with van der Waals surface area (Å²) in [5.41, 5.74) is 2.09. The number of nitrogens with zero attached hydrogens (tertiary/aromatic N) is 3. The second-order valence-electron chi connectivity index (χ2n) is 6.07. The molecule has 0 aromatic carbocycles. The third-order valence-corrected chi connectivity index (χ3v) is 5.08. The summed E-state index contributed by atoms with van der Waals surface area (Å²) < 4.78 is 24.2. The Morgan fingerprint density at radius 3 is 2.96 bits per heavy atom. The minimum absolute atomic E-state index is 0.0570. The molecule has 0 amide bonds. The summed E-state index contributed by atoms with van der Waals surface area (Å²) in [5.74, 6) is -0.0570. The first-order valence-electron chi connectivity index (χ1n) is 7.56. The van der Waals surface area contributed by atoms with Crippen LogP contribution in [0, 0.1) is 6.92 Å². The van der Waals surface area contributed by atoms with E-state index in [1.54, 1.807) is 6.20 Å². The summed E-state index contributed by atoms with van der Waals surface area (Å²) in [6.07, 6.45) is 3.41. The lowest BCUT2D eigenvalue weighted by molar-refractivity contribution is 0.258. The molecule has 124 valence electrons. The Morgan fingerprint density at radius 2 is 2.22 bits per heavy atom. The van der Waals surface area contributed by atoms with Crippen LogP contribution in [0.15, 0.2) is 29.2 Å². The summed E-state index contributed by atoms with van der Waals surface area (Å²) in [5, 5.41) is 5.17. The number of nitrogens with two attached hydrogens (primary N) is 1. The number of hydrogen-bond donors (Lipinski definition) is 1. The van der Waals surface area contributed by atoms with Crippen molar-refractivity contribution in [1.82, 2.24) is 14.3 Å². The molecule has 23 heavy (non-hydrogen) atoms. The van der Waals surface area contributed by atoms with Gasteiger partial charge >= 0.3 is 0 Å². The molecule has 0 radical (unpaired) electrons. The lowest BCUT2D eigenvalue weighted by atomic mass is 10.2. The van der Waals surface area contributed by atoms with E-state index in [2.05, 4.69) is 4.98 Å². The molecule has 3 rings (SSSR count). The highest BCUT2D eigenvalue weighted by atomic mass is 32.2. The Morgan fingerprint density at radius 1 is 1.43 bits per heavy atom. The minimum atomic E-state index is -3.51. The normalized spacial score (nSPS) is 19.5. The van der Waals surface area contributed by atoms with Crippen LogP contribution in [0.5, 0.6) is 0 Å². The van der Waals surface area contributed by atoms with Crippen molar-refractivity contribution in [2.24, 2.45) is 5.14 Å². The first-order chi connectivity index (χ1) is 10.8. The molecule has 1 aliphatic rings. The van der Waals surface area contributed by atoms with Crippen molar-refractivity contribution in [1.29, 1.82) is 0 Å². The van der Waals surface area contributed by atoms with Crippen molar-refractivity contribution in [2.45, 2.75) is 32.4 Å². The Labute approximate surface area is 134 Å². The maximum absolute atomic E-state index is 12.2. The van der Waals surface area contributed by atoms with Crippen LogP contribution in [-0.2, 0) is 16.6 Å². The molecule has 1 atom stereocenters.